The molecular weight excluding hydrogens is 394 g/mol. The maximum Gasteiger partial charge on any atom is 0.451 e. The minimum Gasteiger partial charge on any atom is -0.480 e. The van der Waals surface area contributed by atoms with Gasteiger partial charge in [0.05, 0.1) is 0 Å². The highest BCUT2D eigenvalue weighted by Gasteiger charge is 2.38. The van der Waals surface area contributed by atoms with Crippen LogP contribution in [-0.4, -0.2) is 76.2 Å². The van der Waals surface area contributed by atoms with Crippen LogP contribution in [0.4, 0.5) is 0 Å². The predicted octanol–water partition coefficient (Wildman–Crippen LogP) is -0.817. The third-order valence-electron chi connectivity index (χ3n) is 6.08. The van der Waals surface area contributed by atoms with E-state index in [1.54, 1.807) is 0 Å². The summed E-state index contributed by atoms with van der Waals surface area (Å²) in [5.41, 5.74) is 0. The molecule has 0 radical (unpaired) electrons. The number of piperidine rings is 2. The molecule has 0 aromatic heterocycles. The van der Waals surface area contributed by atoms with Crippen LogP contribution < -0.4 is 10.6 Å². The first-order valence-electron chi connectivity index (χ1n) is 10.9. The number of carbonyl (C=O) groups excluding carboxylic acids is 1. The van der Waals surface area contributed by atoms with Crippen molar-refractivity contribution in [1.82, 2.24) is 10.6 Å². The summed E-state index contributed by atoms with van der Waals surface area (Å²) >= 11 is 0. The van der Waals surface area contributed by atoms with E-state index in [-0.39, 0.29) is 24.5 Å². The summed E-state index contributed by atoms with van der Waals surface area (Å²) in [5.74, 6) is -1.54. The van der Waals surface area contributed by atoms with Gasteiger partial charge in [-0.2, -0.15) is 0 Å². The van der Waals surface area contributed by atoms with E-state index in [9.17, 15) is 14.7 Å². The van der Waals surface area contributed by atoms with Gasteiger partial charge < -0.3 is 35.3 Å². The molecule has 3 unspecified atom stereocenters. The van der Waals surface area contributed by atoms with Crippen LogP contribution in [0.1, 0.15) is 51.4 Å². The summed E-state index contributed by atoms with van der Waals surface area (Å²) in [6.45, 7) is 0.702. The summed E-state index contributed by atoms with van der Waals surface area (Å²) in [4.78, 5) is 24.4. The van der Waals surface area contributed by atoms with Crippen molar-refractivity contribution in [2.75, 3.05) is 6.54 Å². The second-order valence-electron chi connectivity index (χ2n) is 8.40. The monoisotopic (exact) mass is 428 g/mol. The maximum absolute atomic E-state index is 12.8. The number of aliphatic carboxylic acids is 1. The first-order chi connectivity index (χ1) is 14.3. The Kier molecular flexibility index (Phi) is 10.6. The molecule has 0 spiro atoms. The van der Waals surface area contributed by atoms with Crippen LogP contribution in [0.15, 0.2) is 0 Å². The third kappa shape index (κ3) is 8.16. The molecule has 2 heterocycles. The van der Waals surface area contributed by atoms with Crippen molar-refractivity contribution in [3.8, 4) is 0 Å². The number of hydrogen-bond donors (Lipinski definition) is 7. The molecular formula is C18H34B2N2O8. The van der Waals surface area contributed by atoms with E-state index in [0.717, 1.165) is 12.8 Å². The highest BCUT2D eigenvalue weighted by molar-refractivity contribution is 6.41. The summed E-state index contributed by atoms with van der Waals surface area (Å²) in [6.07, 6.45) is 4.96. The minimum absolute atomic E-state index is 0.0431. The van der Waals surface area contributed by atoms with Crippen LogP contribution in [-0.2, 0) is 14.3 Å². The largest absolute Gasteiger partial charge is 0.480 e. The molecule has 170 valence electrons. The third-order valence-corrected chi connectivity index (χ3v) is 6.08. The Morgan fingerprint density at radius 2 is 1.50 bits per heavy atom. The zero-order chi connectivity index (χ0) is 22.1. The first-order valence-corrected chi connectivity index (χ1v) is 10.9. The number of rotatable bonds is 11. The van der Waals surface area contributed by atoms with E-state index in [1.807, 2.05) is 0 Å². The second-order valence-corrected chi connectivity index (χ2v) is 8.40. The fourth-order valence-corrected chi connectivity index (χ4v) is 4.51. The van der Waals surface area contributed by atoms with Gasteiger partial charge in [0.1, 0.15) is 12.1 Å². The predicted molar refractivity (Wildman–Crippen MR) is 110 cm³/mol. The lowest BCUT2D eigenvalue weighted by Gasteiger charge is -2.37. The second kappa shape index (κ2) is 12.6. The van der Waals surface area contributed by atoms with Crippen molar-refractivity contribution in [2.45, 2.75) is 82.3 Å². The standard InChI is InChI=1S/C18H34B2N2O8/c23-17(24)15-13(5-2-10-20(28)29)7-8-14(22-15)30-18(25)16-12(6-3-11-21-16)4-1-9-19(26)27/h12-16,21-22,26-29H,1-11H2,(H,23,24)/t12?,13-,14?,15-,16?/m1/s1. The number of ether oxygens (including phenoxy) is 1. The van der Waals surface area contributed by atoms with Crippen LogP contribution in [0.3, 0.4) is 0 Å². The van der Waals surface area contributed by atoms with Crippen LogP contribution in [0, 0.1) is 11.8 Å². The smallest absolute Gasteiger partial charge is 0.451 e. The van der Waals surface area contributed by atoms with Crippen molar-refractivity contribution >= 4 is 26.2 Å². The van der Waals surface area contributed by atoms with Gasteiger partial charge in [-0.1, -0.05) is 12.8 Å². The summed E-state index contributed by atoms with van der Waals surface area (Å²) < 4.78 is 5.61. The molecule has 2 saturated heterocycles. The van der Waals surface area contributed by atoms with Gasteiger partial charge in [0.15, 0.2) is 6.23 Å². The topological polar surface area (TPSA) is 169 Å². The normalized spacial score (nSPS) is 29.3. The highest BCUT2D eigenvalue weighted by atomic mass is 16.6. The average molecular weight is 428 g/mol. The molecule has 2 rings (SSSR count). The molecule has 0 bridgehead atoms. The molecule has 0 aliphatic carbocycles. The zero-order valence-electron chi connectivity index (χ0n) is 17.3. The highest BCUT2D eigenvalue weighted by Crippen LogP contribution is 2.28. The van der Waals surface area contributed by atoms with Gasteiger partial charge >= 0.3 is 26.2 Å². The summed E-state index contributed by atoms with van der Waals surface area (Å²) in [5, 5.41) is 51.6. The van der Waals surface area contributed by atoms with Crippen LogP contribution in [0.5, 0.6) is 0 Å². The SMILES string of the molecule is O=C(OC1CC[C@@H](CCCB(O)O)[C@H](C(=O)O)N1)C1NCCCC1CCCB(O)O. The molecule has 0 aromatic carbocycles. The van der Waals surface area contributed by atoms with Gasteiger partial charge in [-0.15, -0.1) is 0 Å². The van der Waals surface area contributed by atoms with Gasteiger partial charge in [-0.25, -0.2) is 0 Å². The number of hydrogen-bond acceptors (Lipinski definition) is 9. The molecule has 2 aliphatic rings. The van der Waals surface area contributed by atoms with Gasteiger partial charge in [-0.05, 0) is 69.5 Å². The fraction of sp³-hybridized carbons (Fsp3) is 0.889. The first kappa shape index (κ1) is 25.1. The molecule has 2 aliphatic heterocycles. The van der Waals surface area contributed by atoms with E-state index < -0.39 is 44.5 Å². The zero-order valence-corrected chi connectivity index (χ0v) is 17.3. The molecule has 0 amide bonds. The van der Waals surface area contributed by atoms with Crippen molar-refractivity contribution in [1.29, 1.82) is 0 Å². The summed E-state index contributed by atoms with van der Waals surface area (Å²) in [7, 11) is -2.74. The Labute approximate surface area is 177 Å². The average Bonchev–Trinajstić information content (AvgIpc) is 2.68. The van der Waals surface area contributed by atoms with Crippen molar-refractivity contribution in [2.24, 2.45) is 11.8 Å². The Bertz CT molecular complexity index is 554. The number of esters is 1. The number of carboxylic acid groups (broad SMARTS) is 1. The fourth-order valence-electron chi connectivity index (χ4n) is 4.51. The molecule has 12 heteroatoms. The van der Waals surface area contributed by atoms with Gasteiger partial charge in [0, 0.05) is 0 Å². The van der Waals surface area contributed by atoms with Crippen molar-refractivity contribution in [3.05, 3.63) is 0 Å². The lowest BCUT2D eigenvalue weighted by atomic mass is 9.79. The lowest BCUT2D eigenvalue weighted by Crippen LogP contribution is -2.55. The quantitative estimate of drug-likeness (QED) is 0.163. The van der Waals surface area contributed by atoms with Gasteiger partial charge in [0.2, 0.25) is 0 Å². The van der Waals surface area contributed by atoms with E-state index in [2.05, 4.69) is 10.6 Å². The van der Waals surface area contributed by atoms with E-state index in [1.165, 1.54) is 0 Å². The number of nitrogens with one attached hydrogen (secondary N) is 2. The number of carbonyl (C=O) groups is 2. The minimum atomic E-state index is -1.39. The maximum atomic E-state index is 12.8. The van der Waals surface area contributed by atoms with Crippen molar-refractivity contribution in [3.63, 3.8) is 0 Å². The molecule has 0 saturated carbocycles. The molecule has 7 N–H and O–H groups in total. The Morgan fingerprint density at radius 1 is 0.900 bits per heavy atom. The van der Waals surface area contributed by atoms with E-state index >= 15 is 0 Å². The van der Waals surface area contributed by atoms with Crippen LogP contribution >= 0.6 is 0 Å². The van der Waals surface area contributed by atoms with Gasteiger partial charge in [0.25, 0.3) is 0 Å². The lowest BCUT2D eigenvalue weighted by molar-refractivity contribution is -0.162. The van der Waals surface area contributed by atoms with E-state index in [0.29, 0.717) is 45.1 Å². The van der Waals surface area contributed by atoms with Crippen molar-refractivity contribution < 1.29 is 39.5 Å². The Hall–Kier alpha value is -1.17. The molecule has 30 heavy (non-hydrogen) atoms. The van der Waals surface area contributed by atoms with E-state index in [4.69, 9.17) is 24.8 Å². The Balaban J connectivity index is 1.86. The Morgan fingerprint density at radius 3 is 2.07 bits per heavy atom. The van der Waals surface area contributed by atoms with Crippen LogP contribution in [0.25, 0.3) is 0 Å². The molecule has 0 aromatic rings. The molecule has 5 atom stereocenters. The summed E-state index contributed by atoms with van der Waals surface area (Å²) in [6, 6.07) is -1.34. The molecule has 2 fully saturated rings. The van der Waals surface area contributed by atoms with Crippen LogP contribution in [0.2, 0.25) is 12.6 Å². The van der Waals surface area contributed by atoms with Gasteiger partial charge in [-0.3, -0.25) is 14.9 Å². The molecule has 10 nitrogen and oxygen atoms in total. The number of carboxylic acids is 1.